The van der Waals surface area contributed by atoms with Crippen molar-refractivity contribution in [1.29, 1.82) is 0 Å². The molecule has 0 aliphatic heterocycles. The molecule has 0 saturated carbocycles. The van der Waals surface area contributed by atoms with E-state index < -0.39 is 12.7 Å². The van der Waals surface area contributed by atoms with Crippen LogP contribution in [0.5, 0.6) is 5.75 Å². The van der Waals surface area contributed by atoms with Crippen molar-refractivity contribution in [2.75, 3.05) is 0 Å². The van der Waals surface area contributed by atoms with E-state index in [1.54, 1.807) is 19.1 Å². The number of amides is 2. The van der Waals surface area contributed by atoms with Crippen LogP contribution in [0.3, 0.4) is 0 Å². The Morgan fingerprint density at radius 3 is 2.35 bits per heavy atom. The van der Waals surface area contributed by atoms with Gasteiger partial charge in [0.15, 0.2) is 0 Å². The van der Waals surface area contributed by atoms with Crippen LogP contribution in [0.25, 0.3) is 0 Å². The summed E-state index contributed by atoms with van der Waals surface area (Å²) < 4.78 is 28.1. The van der Waals surface area contributed by atoms with Crippen LogP contribution in [-0.2, 0) is 16.1 Å². The Balaban J connectivity index is 2.45. The minimum Gasteiger partial charge on any atom is -0.435 e. The van der Waals surface area contributed by atoms with Gasteiger partial charge in [-0.3, -0.25) is 9.59 Å². The second-order valence-electron chi connectivity index (χ2n) is 4.16. The van der Waals surface area contributed by atoms with E-state index in [0.717, 1.165) is 5.56 Å². The van der Waals surface area contributed by atoms with Gasteiger partial charge in [-0.25, -0.2) is 0 Å². The lowest BCUT2D eigenvalue weighted by Crippen LogP contribution is -2.43. The van der Waals surface area contributed by atoms with Gasteiger partial charge < -0.3 is 15.4 Å². The molecule has 1 rings (SSSR count). The van der Waals surface area contributed by atoms with Gasteiger partial charge in [0, 0.05) is 13.5 Å². The molecule has 20 heavy (non-hydrogen) atoms. The fourth-order valence-electron chi connectivity index (χ4n) is 1.50. The Bertz CT molecular complexity index is 463. The van der Waals surface area contributed by atoms with Gasteiger partial charge in [-0.2, -0.15) is 8.78 Å². The smallest absolute Gasteiger partial charge is 0.387 e. The molecule has 0 saturated heterocycles. The number of hydrogen-bond donors (Lipinski definition) is 2. The average Bonchev–Trinajstić information content (AvgIpc) is 2.36. The SMILES string of the molecule is CC(=O)N[C@H](C)C(=O)NCc1ccc(OC(F)F)cc1. The van der Waals surface area contributed by atoms with Crippen LogP contribution in [0, 0.1) is 0 Å². The summed E-state index contributed by atoms with van der Waals surface area (Å²) in [5, 5.41) is 5.08. The first-order valence-corrected chi connectivity index (χ1v) is 5.97. The predicted molar refractivity (Wildman–Crippen MR) is 68.2 cm³/mol. The summed E-state index contributed by atoms with van der Waals surface area (Å²) >= 11 is 0. The monoisotopic (exact) mass is 286 g/mol. The van der Waals surface area contributed by atoms with E-state index in [-0.39, 0.29) is 24.1 Å². The van der Waals surface area contributed by atoms with Gasteiger partial charge >= 0.3 is 6.61 Å². The molecular weight excluding hydrogens is 270 g/mol. The summed E-state index contributed by atoms with van der Waals surface area (Å²) in [6.45, 7) is 0.263. The largest absolute Gasteiger partial charge is 0.435 e. The zero-order valence-corrected chi connectivity index (χ0v) is 11.2. The number of carbonyl (C=O) groups excluding carboxylic acids is 2. The van der Waals surface area contributed by atoms with E-state index in [4.69, 9.17) is 0 Å². The van der Waals surface area contributed by atoms with E-state index in [9.17, 15) is 18.4 Å². The predicted octanol–water partition coefficient (Wildman–Crippen LogP) is 1.43. The van der Waals surface area contributed by atoms with Gasteiger partial charge in [-0.1, -0.05) is 12.1 Å². The molecule has 1 atom stereocenters. The summed E-state index contributed by atoms with van der Waals surface area (Å²) in [7, 11) is 0. The number of halogens is 2. The second-order valence-corrected chi connectivity index (χ2v) is 4.16. The van der Waals surface area contributed by atoms with Crippen molar-refractivity contribution < 1.29 is 23.1 Å². The molecule has 1 aromatic carbocycles. The molecule has 0 fully saturated rings. The van der Waals surface area contributed by atoms with Crippen LogP contribution in [-0.4, -0.2) is 24.5 Å². The van der Waals surface area contributed by atoms with Crippen molar-refractivity contribution in [2.45, 2.75) is 33.0 Å². The molecule has 0 radical (unpaired) electrons. The Morgan fingerprint density at radius 1 is 1.25 bits per heavy atom. The molecule has 0 aromatic heterocycles. The lowest BCUT2D eigenvalue weighted by molar-refractivity contribution is -0.127. The fourth-order valence-corrected chi connectivity index (χ4v) is 1.50. The molecule has 110 valence electrons. The zero-order chi connectivity index (χ0) is 15.1. The number of carbonyl (C=O) groups is 2. The highest BCUT2D eigenvalue weighted by molar-refractivity contribution is 5.86. The third-order valence-corrected chi connectivity index (χ3v) is 2.43. The van der Waals surface area contributed by atoms with Crippen LogP contribution < -0.4 is 15.4 Å². The number of rotatable bonds is 6. The highest BCUT2D eigenvalue weighted by Gasteiger charge is 2.12. The fraction of sp³-hybridized carbons (Fsp3) is 0.385. The minimum atomic E-state index is -2.86. The summed E-state index contributed by atoms with van der Waals surface area (Å²) in [6, 6.07) is 5.30. The van der Waals surface area contributed by atoms with Gasteiger partial charge in [-0.05, 0) is 24.6 Å². The molecule has 0 spiro atoms. The molecule has 0 unspecified atom stereocenters. The Kier molecular flexibility index (Phi) is 5.89. The van der Waals surface area contributed by atoms with Crippen LogP contribution >= 0.6 is 0 Å². The molecule has 0 heterocycles. The van der Waals surface area contributed by atoms with Gasteiger partial charge in [0.05, 0.1) is 0 Å². The quantitative estimate of drug-likeness (QED) is 0.831. The second kappa shape index (κ2) is 7.42. The lowest BCUT2D eigenvalue weighted by atomic mass is 10.2. The lowest BCUT2D eigenvalue weighted by Gasteiger charge is -2.13. The molecule has 0 bridgehead atoms. The average molecular weight is 286 g/mol. The van der Waals surface area contributed by atoms with Gasteiger partial charge in [-0.15, -0.1) is 0 Å². The van der Waals surface area contributed by atoms with Crippen molar-refractivity contribution >= 4 is 11.8 Å². The third-order valence-electron chi connectivity index (χ3n) is 2.43. The van der Waals surface area contributed by atoms with Crippen LogP contribution in [0.2, 0.25) is 0 Å². The topological polar surface area (TPSA) is 67.4 Å². The number of nitrogens with one attached hydrogen (secondary N) is 2. The first kappa shape index (κ1) is 15.9. The van der Waals surface area contributed by atoms with Gasteiger partial charge in [0.2, 0.25) is 11.8 Å². The zero-order valence-electron chi connectivity index (χ0n) is 11.2. The third kappa shape index (κ3) is 5.64. The molecule has 2 amide bonds. The number of alkyl halides is 2. The maximum atomic E-state index is 12.0. The van der Waals surface area contributed by atoms with Gasteiger partial charge in [0.25, 0.3) is 0 Å². The van der Waals surface area contributed by atoms with E-state index >= 15 is 0 Å². The molecule has 7 heteroatoms. The Morgan fingerprint density at radius 2 is 1.85 bits per heavy atom. The number of hydrogen-bond acceptors (Lipinski definition) is 3. The number of benzene rings is 1. The Hall–Kier alpha value is -2.18. The van der Waals surface area contributed by atoms with Crippen LogP contribution in [0.1, 0.15) is 19.4 Å². The Labute approximate surface area is 115 Å². The highest BCUT2D eigenvalue weighted by Crippen LogP contribution is 2.14. The van der Waals surface area contributed by atoms with Crippen LogP contribution in [0.4, 0.5) is 8.78 Å². The summed E-state index contributed by atoms with van der Waals surface area (Å²) in [5.74, 6) is -0.559. The molecule has 5 nitrogen and oxygen atoms in total. The minimum absolute atomic E-state index is 0.0571. The molecule has 0 aliphatic rings. The normalized spacial score (nSPS) is 11.8. The maximum absolute atomic E-state index is 12.0. The number of ether oxygens (including phenoxy) is 1. The van der Waals surface area contributed by atoms with Crippen molar-refractivity contribution in [2.24, 2.45) is 0 Å². The van der Waals surface area contributed by atoms with E-state index in [1.807, 2.05) is 0 Å². The maximum Gasteiger partial charge on any atom is 0.387 e. The van der Waals surface area contributed by atoms with Crippen molar-refractivity contribution in [1.82, 2.24) is 10.6 Å². The molecule has 0 aliphatic carbocycles. The standard InChI is InChI=1S/C13H16F2N2O3/c1-8(17-9(2)18)12(19)16-7-10-3-5-11(6-4-10)20-13(14)15/h3-6,8,13H,7H2,1-2H3,(H,16,19)(H,17,18)/t8-/m1/s1. The summed E-state index contributed by atoms with van der Waals surface area (Å²) in [4.78, 5) is 22.4. The van der Waals surface area contributed by atoms with Crippen LogP contribution in [0.15, 0.2) is 24.3 Å². The van der Waals surface area contributed by atoms with Crippen molar-refractivity contribution in [3.8, 4) is 5.75 Å². The molecule has 2 N–H and O–H groups in total. The van der Waals surface area contributed by atoms with Crippen molar-refractivity contribution in [3.63, 3.8) is 0 Å². The summed E-state index contributed by atoms with van der Waals surface area (Å²) in [5.41, 5.74) is 0.731. The molecular formula is C13H16F2N2O3. The van der Waals surface area contributed by atoms with Gasteiger partial charge in [0.1, 0.15) is 11.8 Å². The van der Waals surface area contributed by atoms with E-state index in [1.165, 1.54) is 19.1 Å². The summed E-state index contributed by atoms with van der Waals surface area (Å²) in [6.07, 6.45) is 0. The van der Waals surface area contributed by atoms with Crippen molar-refractivity contribution in [3.05, 3.63) is 29.8 Å². The van der Waals surface area contributed by atoms with E-state index in [2.05, 4.69) is 15.4 Å². The van der Waals surface area contributed by atoms with E-state index in [0.29, 0.717) is 0 Å². The molecule has 1 aromatic rings. The highest BCUT2D eigenvalue weighted by atomic mass is 19.3. The first-order valence-electron chi connectivity index (χ1n) is 5.97. The first-order chi connectivity index (χ1) is 9.38.